The molecule has 0 radical (unpaired) electrons. The van der Waals surface area contributed by atoms with E-state index in [0.29, 0.717) is 6.54 Å². The molecule has 3 N–H and O–H groups in total. The van der Waals surface area contributed by atoms with E-state index < -0.39 is 0 Å². The average molecular weight is 220 g/mol. The second kappa shape index (κ2) is 4.99. The van der Waals surface area contributed by atoms with Gasteiger partial charge in [-0.25, -0.2) is 4.79 Å². The molecule has 0 heterocycles. The molecule has 4 nitrogen and oxygen atoms in total. The number of nitrogens with one attached hydrogen (secondary N) is 1. The summed E-state index contributed by atoms with van der Waals surface area (Å²) in [5.41, 5.74) is 7.26. The number of hydrogen-bond acceptors (Lipinski definition) is 3. The highest BCUT2D eigenvalue weighted by Gasteiger charge is 2.21. The number of carbonyl (C=O) groups excluding carboxylic acids is 1. The maximum Gasteiger partial charge on any atom is 0.411 e. The lowest BCUT2D eigenvalue weighted by molar-refractivity contribution is 0.0624. The van der Waals surface area contributed by atoms with E-state index in [9.17, 15) is 4.79 Å². The largest absolute Gasteiger partial charge is 0.446 e. The summed E-state index contributed by atoms with van der Waals surface area (Å²) in [6.07, 6.45) is 2.87. The van der Waals surface area contributed by atoms with Gasteiger partial charge in [-0.2, -0.15) is 0 Å². The number of ether oxygens (including phenoxy) is 1. The fourth-order valence-electron chi connectivity index (χ4n) is 1.51. The van der Waals surface area contributed by atoms with Gasteiger partial charge in [0, 0.05) is 12.2 Å². The second-order valence-electron chi connectivity index (χ2n) is 3.98. The first-order valence-electron chi connectivity index (χ1n) is 5.54. The molecule has 1 amide bonds. The Balaban J connectivity index is 1.84. The molecule has 0 aromatic heterocycles. The minimum Gasteiger partial charge on any atom is -0.446 e. The number of anilines is 1. The maximum absolute atomic E-state index is 11.4. The summed E-state index contributed by atoms with van der Waals surface area (Å²) in [7, 11) is 0. The standard InChI is InChI=1S/C12H16N2O2/c13-8-9-4-6-10(7-5-9)14-12(15)16-11-2-1-3-11/h4-7,11H,1-3,8,13H2,(H,14,15). The Bertz CT molecular complexity index is 358. The van der Waals surface area contributed by atoms with E-state index in [4.69, 9.17) is 10.5 Å². The predicted molar refractivity (Wildman–Crippen MR) is 62.1 cm³/mol. The van der Waals surface area contributed by atoms with Crippen molar-refractivity contribution in [3.8, 4) is 0 Å². The quantitative estimate of drug-likeness (QED) is 0.821. The molecule has 2 rings (SSSR count). The van der Waals surface area contributed by atoms with Gasteiger partial charge < -0.3 is 10.5 Å². The third-order valence-corrected chi connectivity index (χ3v) is 2.76. The third-order valence-electron chi connectivity index (χ3n) is 2.76. The second-order valence-corrected chi connectivity index (χ2v) is 3.98. The molecular formula is C12H16N2O2. The van der Waals surface area contributed by atoms with Crippen molar-refractivity contribution in [2.75, 3.05) is 5.32 Å². The van der Waals surface area contributed by atoms with Crippen molar-refractivity contribution in [2.45, 2.75) is 31.9 Å². The van der Waals surface area contributed by atoms with E-state index in [0.717, 1.165) is 30.5 Å². The zero-order valence-corrected chi connectivity index (χ0v) is 9.11. The lowest BCUT2D eigenvalue weighted by atomic mass is 9.96. The fourth-order valence-corrected chi connectivity index (χ4v) is 1.51. The number of rotatable bonds is 3. The third kappa shape index (κ3) is 2.73. The molecule has 0 bridgehead atoms. The number of amides is 1. The van der Waals surface area contributed by atoms with Crippen LogP contribution in [0.1, 0.15) is 24.8 Å². The molecule has 0 aliphatic heterocycles. The van der Waals surface area contributed by atoms with Crippen LogP contribution in [-0.4, -0.2) is 12.2 Å². The van der Waals surface area contributed by atoms with Crippen LogP contribution in [0.15, 0.2) is 24.3 Å². The Hall–Kier alpha value is -1.55. The molecule has 1 aliphatic rings. The highest BCUT2D eigenvalue weighted by Crippen LogP contribution is 2.22. The van der Waals surface area contributed by atoms with Crippen molar-refractivity contribution in [3.63, 3.8) is 0 Å². The molecule has 16 heavy (non-hydrogen) atoms. The smallest absolute Gasteiger partial charge is 0.411 e. The monoisotopic (exact) mass is 220 g/mol. The fraction of sp³-hybridized carbons (Fsp3) is 0.417. The molecule has 0 unspecified atom stereocenters. The van der Waals surface area contributed by atoms with Gasteiger partial charge in [0.15, 0.2) is 0 Å². The average Bonchev–Trinajstić information content (AvgIpc) is 2.25. The molecule has 1 saturated carbocycles. The summed E-state index contributed by atoms with van der Waals surface area (Å²) in [4.78, 5) is 11.4. The Labute approximate surface area is 94.8 Å². The molecule has 4 heteroatoms. The number of nitrogens with two attached hydrogens (primary N) is 1. The Kier molecular flexibility index (Phi) is 3.41. The maximum atomic E-state index is 11.4. The zero-order valence-electron chi connectivity index (χ0n) is 9.11. The number of carbonyl (C=O) groups is 1. The van der Waals surface area contributed by atoms with E-state index in [-0.39, 0.29) is 12.2 Å². The van der Waals surface area contributed by atoms with Gasteiger partial charge in [0.25, 0.3) is 0 Å². The van der Waals surface area contributed by atoms with Crippen LogP contribution in [0, 0.1) is 0 Å². The van der Waals surface area contributed by atoms with Crippen LogP contribution in [0.4, 0.5) is 10.5 Å². The summed E-state index contributed by atoms with van der Waals surface area (Å²) in [6.45, 7) is 0.507. The molecule has 1 aromatic rings. The van der Waals surface area contributed by atoms with E-state index in [1.807, 2.05) is 24.3 Å². The van der Waals surface area contributed by atoms with Crippen LogP contribution < -0.4 is 11.1 Å². The van der Waals surface area contributed by atoms with Crippen molar-refractivity contribution in [2.24, 2.45) is 5.73 Å². The Morgan fingerprint density at radius 3 is 2.56 bits per heavy atom. The molecule has 1 fully saturated rings. The lowest BCUT2D eigenvalue weighted by Crippen LogP contribution is -2.27. The predicted octanol–water partition coefficient (Wildman–Crippen LogP) is 2.25. The minimum atomic E-state index is -0.370. The van der Waals surface area contributed by atoms with Crippen molar-refractivity contribution in [1.82, 2.24) is 0 Å². The van der Waals surface area contributed by atoms with Crippen LogP contribution in [0.5, 0.6) is 0 Å². The number of hydrogen-bond donors (Lipinski definition) is 2. The van der Waals surface area contributed by atoms with E-state index >= 15 is 0 Å². The van der Waals surface area contributed by atoms with Gasteiger partial charge in [0.1, 0.15) is 6.10 Å². The van der Waals surface area contributed by atoms with E-state index in [1.54, 1.807) is 0 Å². The van der Waals surface area contributed by atoms with Gasteiger partial charge in [-0.15, -0.1) is 0 Å². The summed E-state index contributed by atoms with van der Waals surface area (Å²) in [5, 5.41) is 2.69. The molecular weight excluding hydrogens is 204 g/mol. The van der Waals surface area contributed by atoms with Crippen LogP contribution in [0.3, 0.4) is 0 Å². The highest BCUT2D eigenvalue weighted by molar-refractivity contribution is 5.84. The topological polar surface area (TPSA) is 64.3 Å². The van der Waals surface area contributed by atoms with Crippen LogP contribution in [-0.2, 0) is 11.3 Å². The van der Waals surface area contributed by atoms with Crippen molar-refractivity contribution >= 4 is 11.8 Å². The van der Waals surface area contributed by atoms with Gasteiger partial charge in [-0.05, 0) is 37.0 Å². The summed E-state index contributed by atoms with van der Waals surface area (Å²) < 4.78 is 5.17. The molecule has 0 saturated heterocycles. The van der Waals surface area contributed by atoms with Gasteiger partial charge in [-0.3, -0.25) is 5.32 Å². The van der Waals surface area contributed by atoms with Gasteiger partial charge >= 0.3 is 6.09 Å². The molecule has 86 valence electrons. The SMILES string of the molecule is NCc1ccc(NC(=O)OC2CCC2)cc1. The molecule has 0 atom stereocenters. The molecule has 0 spiro atoms. The first-order chi connectivity index (χ1) is 7.78. The van der Waals surface area contributed by atoms with E-state index in [1.165, 1.54) is 0 Å². The first-order valence-corrected chi connectivity index (χ1v) is 5.54. The van der Waals surface area contributed by atoms with Crippen molar-refractivity contribution < 1.29 is 9.53 Å². The van der Waals surface area contributed by atoms with E-state index in [2.05, 4.69) is 5.32 Å². The van der Waals surface area contributed by atoms with Gasteiger partial charge in [0.2, 0.25) is 0 Å². The summed E-state index contributed by atoms with van der Waals surface area (Å²) >= 11 is 0. The van der Waals surface area contributed by atoms with Crippen LogP contribution in [0.2, 0.25) is 0 Å². The van der Waals surface area contributed by atoms with Gasteiger partial charge in [0.05, 0.1) is 0 Å². The highest BCUT2D eigenvalue weighted by atomic mass is 16.6. The Morgan fingerprint density at radius 2 is 2.06 bits per heavy atom. The summed E-state index contributed by atoms with van der Waals surface area (Å²) in [6, 6.07) is 7.42. The minimum absolute atomic E-state index is 0.114. The van der Waals surface area contributed by atoms with Crippen LogP contribution >= 0.6 is 0 Å². The van der Waals surface area contributed by atoms with Crippen LogP contribution in [0.25, 0.3) is 0 Å². The lowest BCUT2D eigenvalue weighted by Gasteiger charge is -2.25. The number of benzene rings is 1. The summed E-state index contributed by atoms with van der Waals surface area (Å²) in [5.74, 6) is 0. The Morgan fingerprint density at radius 1 is 1.38 bits per heavy atom. The zero-order chi connectivity index (χ0) is 11.4. The molecule has 1 aromatic carbocycles. The van der Waals surface area contributed by atoms with Crippen molar-refractivity contribution in [3.05, 3.63) is 29.8 Å². The van der Waals surface area contributed by atoms with Gasteiger partial charge in [-0.1, -0.05) is 12.1 Å². The normalized spacial score (nSPS) is 15.3. The first kappa shape index (κ1) is 11.0. The molecule has 1 aliphatic carbocycles. The van der Waals surface area contributed by atoms with Crippen molar-refractivity contribution in [1.29, 1.82) is 0 Å².